The number of fused-ring (bicyclic) bond motifs is 3. The average molecular weight is 197 g/mol. The third-order valence-corrected chi connectivity index (χ3v) is 3.57. The molecule has 1 aliphatic carbocycles. The molecular formula is C9H11NO4. The zero-order chi connectivity index (χ0) is 9.87. The van der Waals surface area contributed by atoms with Gasteiger partial charge in [0.05, 0.1) is 19.1 Å². The first-order chi connectivity index (χ1) is 6.74. The first kappa shape index (κ1) is 8.08. The topological polar surface area (TPSA) is 55.8 Å². The summed E-state index contributed by atoms with van der Waals surface area (Å²) in [5.74, 6) is 0.476. The summed E-state index contributed by atoms with van der Waals surface area (Å²) in [6.07, 6.45) is -0.231. The lowest BCUT2D eigenvalue weighted by Crippen LogP contribution is -2.33. The fourth-order valence-electron chi connectivity index (χ4n) is 2.85. The van der Waals surface area contributed by atoms with Crippen LogP contribution in [0.25, 0.3) is 0 Å². The molecule has 0 spiro atoms. The fourth-order valence-corrected chi connectivity index (χ4v) is 2.85. The van der Waals surface area contributed by atoms with Gasteiger partial charge in [-0.3, -0.25) is 4.79 Å². The van der Waals surface area contributed by atoms with Gasteiger partial charge in [0.2, 0.25) is 0 Å². The Morgan fingerprint density at radius 1 is 1.64 bits per heavy atom. The average Bonchev–Trinajstić information content (AvgIpc) is 2.57. The smallest absolute Gasteiger partial charge is 0.410 e. The summed E-state index contributed by atoms with van der Waals surface area (Å²) in [4.78, 5) is 24.2. The van der Waals surface area contributed by atoms with E-state index in [1.807, 2.05) is 0 Å². The van der Waals surface area contributed by atoms with Crippen LogP contribution in [0.1, 0.15) is 0 Å². The van der Waals surface area contributed by atoms with Crippen LogP contribution in [0.5, 0.6) is 0 Å². The fraction of sp³-hybridized carbons (Fsp3) is 0.778. The Hall–Kier alpha value is -1.26. The van der Waals surface area contributed by atoms with Gasteiger partial charge in [-0.2, -0.15) is 0 Å². The molecule has 0 radical (unpaired) electrons. The van der Waals surface area contributed by atoms with Gasteiger partial charge in [-0.1, -0.05) is 0 Å². The van der Waals surface area contributed by atoms with Crippen LogP contribution >= 0.6 is 0 Å². The van der Waals surface area contributed by atoms with Crippen LogP contribution < -0.4 is 0 Å². The molecule has 1 saturated carbocycles. The largest absolute Gasteiger partial charge is 0.469 e. The summed E-state index contributed by atoms with van der Waals surface area (Å²) in [5.41, 5.74) is 0. The number of cyclic esters (lactones) is 1. The Balaban J connectivity index is 1.75. The molecule has 0 unspecified atom stereocenters. The first-order valence-electron chi connectivity index (χ1n) is 4.75. The standard InChI is InChI=1S/C9H11NO4/c1-13-8(11)7-4-2-10-5(6(4)7)3-14-9(10)12/h4-7H,2-3H2,1H3/t4-,5+,6-,7+/m0/s1. The lowest BCUT2D eigenvalue weighted by atomic mass is 10.1. The summed E-state index contributed by atoms with van der Waals surface area (Å²) in [7, 11) is 1.41. The summed E-state index contributed by atoms with van der Waals surface area (Å²) in [6, 6.07) is 0.122. The minimum absolute atomic E-state index is 0.00995. The Morgan fingerprint density at radius 3 is 3.14 bits per heavy atom. The second-order valence-electron chi connectivity index (χ2n) is 4.09. The molecule has 0 aromatic heterocycles. The van der Waals surface area contributed by atoms with Gasteiger partial charge >= 0.3 is 12.1 Å². The van der Waals surface area contributed by atoms with Crippen LogP contribution in [0.15, 0.2) is 0 Å². The molecule has 3 aliphatic rings. The number of hydrogen-bond acceptors (Lipinski definition) is 4. The van der Waals surface area contributed by atoms with Crippen molar-refractivity contribution in [3.63, 3.8) is 0 Å². The highest BCUT2D eigenvalue weighted by molar-refractivity contribution is 5.79. The monoisotopic (exact) mass is 197 g/mol. The molecule has 76 valence electrons. The molecule has 3 fully saturated rings. The van der Waals surface area contributed by atoms with Crippen molar-refractivity contribution < 1.29 is 19.1 Å². The van der Waals surface area contributed by atoms with E-state index in [-0.39, 0.29) is 29.9 Å². The number of ether oxygens (including phenoxy) is 2. The first-order valence-corrected chi connectivity index (χ1v) is 4.75. The highest BCUT2D eigenvalue weighted by atomic mass is 16.6. The van der Waals surface area contributed by atoms with Gasteiger partial charge in [-0.15, -0.1) is 0 Å². The highest BCUT2D eigenvalue weighted by Gasteiger charge is 2.67. The van der Waals surface area contributed by atoms with Crippen LogP contribution in [-0.4, -0.2) is 43.3 Å². The van der Waals surface area contributed by atoms with E-state index >= 15 is 0 Å². The number of piperidine rings is 1. The quantitative estimate of drug-likeness (QED) is 0.549. The van der Waals surface area contributed by atoms with Crippen LogP contribution in [-0.2, 0) is 14.3 Å². The molecule has 5 heteroatoms. The van der Waals surface area contributed by atoms with E-state index in [1.54, 1.807) is 4.90 Å². The molecule has 0 N–H and O–H groups in total. The molecule has 5 nitrogen and oxygen atoms in total. The molecule has 4 atom stereocenters. The van der Waals surface area contributed by atoms with Crippen LogP contribution in [0.3, 0.4) is 0 Å². The van der Waals surface area contributed by atoms with Gasteiger partial charge < -0.3 is 14.4 Å². The van der Waals surface area contributed by atoms with E-state index in [0.717, 1.165) is 0 Å². The van der Waals surface area contributed by atoms with Crippen LogP contribution in [0, 0.1) is 17.8 Å². The van der Waals surface area contributed by atoms with Crippen molar-refractivity contribution in [2.24, 2.45) is 17.8 Å². The molecule has 3 rings (SSSR count). The van der Waals surface area contributed by atoms with E-state index in [4.69, 9.17) is 9.47 Å². The van der Waals surface area contributed by atoms with Crippen molar-refractivity contribution in [3.8, 4) is 0 Å². The second kappa shape index (κ2) is 2.40. The summed E-state index contributed by atoms with van der Waals surface area (Å²) in [6.45, 7) is 1.10. The van der Waals surface area contributed by atoms with E-state index in [9.17, 15) is 9.59 Å². The van der Waals surface area contributed by atoms with E-state index in [2.05, 4.69) is 0 Å². The zero-order valence-corrected chi connectivity index (χ0v) is 7.80. The van der Waals surface area contributed by atoms with E-state index < -0.39 is 0 Å². The molecule has 1 amide bonds. The normalized spacial score (nSPS) is 42.9. The number of hydrogen-bond donors (Lipinski definition) is 0. The molecular weight excluding hydrogens is 186 g/mol. The third-order valence-electron chi connectivity index (χ3n) is 3.57. The van der Waals surface area contributed by atoms with Crippen molar-refractivity contribution in [2.45, 2.75) is 6.04 Å². The maximum atomic E-state index is 11.3. The van der Waals surface area contributed by atoms with Gasteiger partial charge in [0.15, 0.2) is 0 Å². The maximum absolute atomic E-state index is 11.3. The highest BCUT2D eigenvalue weighted by Crippen LogP contribution is 2.57. The Labute approximate surface area is 81.0 Å². The van der Waals surface area contributed by atoms with Crippen molar-refractivity contribution in [2.75, 3.05) is 20.3 Å². The predicted molar refractivity (Wildman–Crippen MR) is 44.3 cm³/mol. The van der Waals surface area contributed by atoms with Gasteiger partial charge in [0.25, 0.3) is 0 Å². The summed E-state index contributed by atoms with van der Waals surface area (Å²) < 4.78 is 9.62. The molecule has 2 saturated heterocycles. The predicted octanol–water partition coefficient (Wildman–Crippen LogP) is -0.144. The minimum atomic E-state index is -0.231. The zero-order valence-electron chi connectivity index (χ0n) is 7.80. The maximum Gasteiger partial charge on any atom is 0.410 e. The number of esters is 1. The van der Waals surface area contributed by atoms with Gasteiger partial charge in [-0.05, 0) is 5.92 Å². The molecule has 0 aromatic carbocycles. The van der Waals surface area contributed by atoms with Gasteiger partial charge in [0, 0.05) is 12.5 Å². The molecule has 14 heavy (non-hydrogen) atoms. The van der Waals surface area contributed by atoms with Crippen LogP contribution in [0.4, 0.5) is 4.79 Å². The number of nitrogens with zero attached hydrogens (tertiary/aromatic N) is 1. The minimum Gasteiger partial charge on any atom is -0.469 e. The van der Waals surface area contributed by atoms with Crippen molar-refractivity contribution in [3.05, 3.63) is 0 Å². The number of carbonyl (C=O) groups excluding carboxylic acids is 2. The summed E-state index contributed by atoms with van der Waals surface area (Å²) in [5, 5.41) is 0. The number of rotatable bonds is 1. The van der Waals surface area contributed by atoms with Crippen LogP contribution in [0.2, 0.25) is 0 Å². The van der Waals surface area contributed by atoms with Crippen molar-refractivity contribution in [1.29, 1.82) is 0 Å². The van der Waals surface area contributed by atoms with Crippen molar-refractivity contribution in [1.82, 2.24) is 4.90 Å². The number of carbonyl (C=O) groups is 2. The number of amides is 1. The molecule has 2 aliphatic heterocycles. The van der Waals surface area contributed by atoms with Gasteiger partial charge in [0.1, 0.15) is 6.61 Å². The third kappa shape index (κ3) is 0.798. The van der Waals surface area contributed by atoms with Gasteiger partial charge in [-0.25, -0.2) is 4.79 Å². The lowest BCUT2D eigenvalue weighted by Gasteiger charge is -2.16. The molecule has 0 bridgehead atoms. The van der Waals surface area contributed by atoms with E-state index in [0.29, 0.717) is 19.1 Å². The van der Waals surface area contributed by atoms with Crippen molar-refractivity contribution >= 4 is 12.1 Å². The number of methoxy groups -OCH3 is 1. The Kier molecular flexibility index (Phi) is 1.39. The summed E-state index contributed by atoms with van der Waals surface area (Å²) >= 11 is 0. The lowest BCUT2D eigenvalue weighted by molar-refractivity contribution is -0.143. The Morgan fingerprint density at radius 2 is 2.43 bits per heavy atom. The SMILES string of the molecule is COC(=O)[C@@H]1[C@H]2CN3C(=O)OC[C@@H]3[C@H]21. The Bertz CT molecular complexity index is 316. The second-order valence-corrected chi connectivity index (χ2v) is 4.09. The molecule has 2 heterocycles. The van der Waals surface area contributed by atoms with E-state index in [1.165, 1.54) is 7.11 Å². The molecule has 0 aromatic rings.